The van der Waals surface area contributed by atoms with E-state index in [0.717, 1.165) is 23.3 Å². The van der Waals surface area contributed by atoms with Crippen molar-refractivity contribution in [2.75, 3.05) is 6.54 Å². The van der Waals surface area contributed by atoms with Crippen LogP contribution in [0.15, 0.2) is 12.2 Å². The molecule has 0 aromatic carbocycles. The van der Waals surface area contributed by atoms with Crippen molar-refractivity contribution in [3.63, 3.8) is 0 Å². The lowest BCUT2D eigenvalue weighted by molar-refractivity contribution is -0.143. The molecule has 2 saturated carbocycles. The highest BCUT2D eigenvalue weighted by Gasteiger charge is 2.60. The molecule has 0 radical (unpaired) electrons. The summed E-state index contributed by atoms with van der Waals surface area (Å²) < 4.78 is 0. The number of allylic oxidation sites excluding steroid dienone is 1. The average Bonchev–Trinajstić information content (AvgIpc) is 2.83. The van der Waals surface area contributed by atoms with Crippen molar-refractivity contribution in [2.45, 2.75) is 18.9 Å². The van der Waals surface area contributed by atoms with Gasteiger partial charge in [0, 0.05) is 12.5 Å². The first-order chi connectivity index (χ1) is 8.00. The molecule has 3 aliphatic rings. The molecule has 92 valence electrons. The number of nitrogens with zero attached hydrogens (tertiary/aromatic N) is 1. The second-order valence-corrected chi connectivity index (χ2v) is 5.42. The van der Waals surface area contributed by atoms with Gasteiger partial charge in [0.2, 0.25) is 0 Å². The lowest BCUT2D eigenvalue weighted by atomic mass is 9.76. The van der Waals surface area contributed by atoms with Gasteiger partial charge in [0.05, 0.1) is 0 Å². The average molecular weight is 237 g/mol. The number of carboxylic acid groups (broad SMARTS) is 2. The molecule has 1 heterocycles. The Labute approximate surface area is 98.7 Å². The molecule has 1 amide bonds. The molecule has 1 saturated heterocycles. The fourth-order valence-corrected chi connectivity index (χ4v) is 4.20. The molecule has 0 aromatic rings. The van der Waals surface area contributed by atoms with Gasteiger partial charge in [-0.25, -0.2) is 9.59 Å². The van der Waals surface area contributed by atoms with Crippen LogP contribution in [-0.4, -0.2) is 39.8 Å². The number of carboxylic acids is 1. The SMILES string of the molecule is C=C1CC2CC1C1C2CN(C(=O)O)C1C(=O)O. The van der Waals surface area contributed by atoms with E-state index in [1.54, 1.807) is 0 Å². The van der Waals surface area contributed by atoms with Crippen molar-refractivity contribution in [1.29, 1.82) is 0 Å². The molecule has 0 aromatic heterocycles. The molecular formula is C12H15NO4. The summed E-state index contributed by atoms with van der Waals surface area (Å²) in [4.78, 5) is 23.5. The Morgan fingerprint density at radius 1 is 1.35 bits per heavy atom. The summed E-state index contributed by atoms with van der Waals surface area (Å²) in [5.41, 5.74) is 1.12. The standard InChI is InChI=1S/C12H15NO4/c1-5-2-6-3-7(5)9-8(6)4-13(12(16)17)10(9)11(14)15/h6-10H,1-4H2,(H,14,15)(H,16,17). The van der Waals surface area contributed by atoms with Crippen molar-refractivity contribution in [1.82, 2.24) is 4.90 Å². The van der Waals surface area contributed by atoms with Gasteiger partial charge in [0.15, 0.2) is 0 Å². The smallest absolute Gasteiger partial charge is 0.408 e. The van der Waals surface area contributed by atoms with E-state index in [2.05, 4.69) is 6.58 Å². The van der Waals surface area contributed by atoms with Crippen LogP contribution in [0.3, 0.4) is 0 Å². The van der Waals surface area contributed by atoms with E-state index >= 15 is 0 Å². The summed E-state index contributed by atoms with van der Waals surface area (Å²) in [5.74, 6) is -0.169. The minimum atomic E-state index is -1.11. The largest absolute Gasteiger partial charge is 0.480 e. The third-order valence-electron chi connectivity index (χ3n) is 4.78. The lowest BCUT2D eigenvalue weighted by Gasteiger charge is -2.28. The Bertz CT molecular complexity index is 419. The third kappa shape index (κ3) is 1.25. The summed E-state index contributed by atoms with van der Waals surface area (Å²) in [7, 11) is 0. The van der Waals surface area contributed by atoms with Gasteiger partial charge >= 0.3 is 12.1 Å². The van der Waals surface area contributed by atoms with Gasteiger partial charge in [-0.05, 0) is 30.6 Å². The van der Waals surface area contributed by atoms with Gasteiger partial charge in [-0.2, -0.15) is 0 Å². The molecule has 5 atom stereocenters. The highest BCUT2D eigenvalue weighted by Crippen LogP contribution is 2.59. The molecule has 17 heavy (non-hydrogen) atoms. The van der Waals surface area contributed by atoms with Crippen LogP contribution in [0.4, 0.5) is 4.79 Å². The van der Waals surface area contributed by atoms with E-state index in [9.17, 15) is 14.7 Å². The maximum atomic E-state index is 11.3. The van der Waals surface area contributed by atoms with Crippen molar-refractivity contribution >= 4 is 12.1 Å². The predicted molar refractivity (Wildman–Crippen MR) is 58.5 cm³/mol. The van der Waals surface area contributed by atoms with Crippen LogP contribution in [0.5, 0.6) is 0 Å². The number of amides is 1. The van der Waals surface area contributed by atoms with Crippen LogP contribution < -0.4 is 0 Å². The molecule has 0 spiro atoms. The van der Waals surface area contributed by atoms with Crippen LogP contribution in [0, 0.1) is 23.7 Å². The van der Waals surface area contributed by atoms with E-state index in [4.69, 9.17) is 5.11 Å². The van der Waals surface area contributed by atoms with Gasteiger partial charge in [0.25, 0.3) is 0 Å². The zero-order valence-corrected chi connectivity index (χ0v) is 9.37. The normalized spacial score (nSPS) is 42.9. The van der Waals surface area contributed by atoms with Crippen molar-refractivity contribution in [2.24, 2.45) is 23.7 Å². The summed E-state index contributed by atoms with van der Waals surface area (Å²) in [6.07, 6.45) is 0.841. The van der Waals surface area contributed by atoms with E-state index < -0.39 is 18.1 Å². The number of carbonyl (C=O) groups is 2. The number of hydrogen-bond donors (Lipinski definition) is 2. The van der Waals surface area contributed by atoms with Gasteiger partial charge in [-0.1, -0.05) is 12.2 Å². The molecule has 5 heteroatoms. The first-order valence-corrected chi connectivity index (χ1v) is 5.90. The maximum Gasteiger partial charge on any atom is 0.408 e. The Morgan fingerprint density at radius 3 is 2.65 bits per heavy atom. The van der Waals surface area contributed by atoms with Crippen LogP contribution in [0.25, 0.3) is 0 Å². The third-order valence-corrected chi connectivity index (χ3v) is 4.78. The number of likely N-dealkylation sites (tertiary alicyclic amines) is 1. The van der Waals surface area contributed by atoms with E-state index in [-0.39, 0.29) is 17.8 Å². The van der Waals surface area contributed by atoms with E-state index in [1.165, 1.54) is 0 Å². The molecule has 3 rings (SSSR count). The van der Waals surface area contributed by atoms with Gasteiger partial charge in [0.1, 0.15) is 6.04 Å². The van der Waals surface area contributed by atoms with Crippen molar-refractivity contribution in [3.05, 3.63) is 12.2 Å². The molecule has 3 fully saturated rings. The first kappa shape index (κ1) is 10.6. The minimum Gasteiger partial charge on any atom is -0.480 e. The Morgan fingerprint density at radius 2 is 2.06 bits per heavy atom. The molecule has 2 aliphatic carbocycles. The molecule has 5 unspecified atom stereocenters. The Kier molecular flexibility index (Phi) is 2.03. The van der Waals surface area contributed by atoms with E-state index in [1.807, 2.05) is 0 Å². The molecular weight excluding hydrogens is 222 g/mol. The summed E-state index contributed by atoms with van der Waals surface area (Å²) in [6, 6.07) is -0.871. The van der Waals surface area contributed by atoms with Crippen LogP contribution >= 0.6 is 0 Å². The fraction of sp³-hybridized carbons (Fsp3) is 0.667. The van der Waals surface area contributed by atoms with Gasteiger partial charge in [-0.3, -0.25) is 4.90 Å². The van der Waals surface area contributed by atoms with Crippen LogP contribution in [-0.2, 0) is 4.79 Å². The Balaban J connectivity index is 1.96. The zero-order valence-electron chi connectivity index (χ0n) is 9.37. The Hall–Kier alpha value is -1.52. The second-order valence-electron chi connectivity index (χ2n) is 5.42. The van der Waals surface area contributed by atoms with E-state index in [0.29, 0.717) is 12.5 Å². The predicted octanol–water partition coefficient (Wildman–Crippen LogP) is 1.26. The highest BCUT2D eigenvalue weighted by molar-refractivity contribution is 5.81. The van der Waals surface area contributed by atoms with Gasteiger partial charge < -0.3 is 10.2 Å². The molecule has 2 bridgehead atoms. The van der Waals surface area contributed by atoms with Crippen LogP contribution in [0.1, 0.15) is 12.8 Å². The minimum absolute atomic E-state index is 0.0464. The fourth-order valence-electron chi connectivity index (χ4n) is 4.20. The first-order valence-electron chi connectivity index (χ1n) is 5.90. The highest BCUT2D eigenvalue weighted by atomic mass is 16.4. The number of rotatable bonds is 1. The number of aliphatic carboxylic acids is 1. The monoisotopic (exact) mass is 237 g/mol. The quantitative estimate of drug-likeness (QED) is 0.673. The van der Waals surface area contributed by atoms with Gasteiger partial charge in [-0.15, -0.1) is 0 Å². The molecule has 2 N–H and O–H groups in total. The summed E-state index contributed by atoms with van der Waals surface area (Å²) in [5, 5.41) is 18.3. The van der Waals surface area contributed by atoms with Crippen molar-refractivity contribution < 1.29 is 19.8 Å². The van der Waals surface area contributed by atoms with Crippen molar-refractivity contribution in [3.8, 4) is 0 Å². The molecule has 1 aliphatic heterocycles. The summed E-state index contributed by atoms with van der Waals surface area (Å²) >= 11 is 0. The van der Waals surface area contributed by atoms with Crippen LogP contribution in [0.2, 0.25) is 0 Å². The molecule has 5 nitrogen and oxygen atoms in total. The number of hydrogen-bond acceptors (Lipinski definition) is 2. The maximum absolute atomic E-state index is 11.3. The zero-order chi connectivity index (χ0) is 12.3. The lowest BCUT2D eigenvalue weighted by Crippen LogP contribution is -2.44. The number of fused-ring (bicyclic) bond motifs is 5. The summed E-state index contributed by atoms with van der Waals surface area (Å²) in [6.45, 7) is 4.38. The topological polar surface area (TPSA) is 77.8 Å². The second kappa shape index (κ2) is 3.24.